The van der Waals surface area contributed by atoms with Gasteiger partial charge in [-0.2, -0.15) is 0 Å². The molecule has 0 bridgehead atoms. The van der Waals surface area contributed by atoms with Crippen molar-refractivity contribution in [3.8, 4) is 11.5 Å². The summed E-state index contributed by atoms with van der Waals surface area (Å²) in [5, 5.41) is 18.5. The Bertz CT molecular complexity index is 377. The first kappa shape index (κ1) is 12.4. The van der Waals surface area contributed by atoms with E-state index in [1.807, 2.05) is 6.92 Å². The lowest BCUT2D eigenvalue weighted by Crippen LogP contribution is -2.21. The predicted octanol–water partition coefficient (Wildman–Crippen LogP) is 1.86. The van der Waals surface area contributed by atoms with Gasteiger partial charge in [-0.1, -0.05) is 25.8 Å². The third-order valence-corrected chi connectivity index (χ3v) is 2.59. The highest BCUT2D eigenvalue weighted by atomic mass is 16.3. The summed E-state index contributed by atoms with van der Waals surface area (Å²) < 4.78 is 0. The average Bonchev–Trinajstić information content (AvgIpc) is 2.23. The van der Waals surface area contributed by atoms with Gasteiger partial charge in [-0.15, -0.1) is 0 Å². The molecule has 0 saturated carbocycles. The Morgan fingerprint density at radius 3 is 2.56 bits per heavy atom. The molecule has 0 aliphatic rings. The standard InChI is InChI=1S/C12H17NO3/c1-2-3-4-9(12(13)16)8-5-6-10(14)11(15)7-8/h5-7,9,14-15H,2-4H2,1H3,(H2,13,16)/t9-/m1/s1. The summed E-state index contributed by atoms with van der Waals surface area (Å²) in [6.45, 7) is 2.03. The Kier molecular flexibility index (Phi) is 4.17. The highest BCUT2D eigenvalue weighted by molar-refractivity contribution is 5.82. The monoisotopic (exact) mass is 223 g/mol. The molecule has 1 atom stereocenters. The number of phenolic OH excluding ortho intramolecular Hbond substituents is 2. The molecule has 1 aromatic rings. The van der Waals surface area contributed by atoms with E-state index in [4.69, 9.17) is 5.73 Å². The second-order valence-corrected chi connectivity index (χ2v) is 3.85. The number of nitrogens with two attached hydrogens (primary N) is 1. The smallest absolute Gasteiger partial charge is 0.224 e. The maximum Gasteiger partial charge on any atom is 0.224 e. The van der Waals surface area contributed by atoms with E-state index in [1.165, 1.54) is 12.1 Å². The topological polar surface area (TPSA) is 83.6 Å². The van der Waals surface area contributed by atoms with Gasteiger partial charge in [0.05, 0.1) is 5.92 Å². The highest BCUT2D eigenvalue weighted by Crippen LogP contribution is 2.30. The third-order valence-electron chi connectivity index (χ3n) is 2.59. The van der Waals surface area contributed by atoms with Crippen molar-refractivity contribution in [2.45, 2.75) is 32.1 Å². The zero-order chi connectivity index (χ0) is 12.1. The van der Waals surface area contributed by atoms with Crippen molar-refractivity contribution in [3.05, 3.63) is 23.8 Å². The first-order valence-corrected chi connectivity index (χ1v) is 5.37. The van der Waals surface area contributed by atoms with Crippen molar-refractivity contribution in [1.82, 2.24) is 0 Å². The van der Waals surface area contributed by atoms with Crippen molar-refractivity contribution < 1.29 is 15.0 Å². The largest absolute Gasteiger partial charge is 0.504 e. The summed E-state index contributed by atoms with van der Waals surface area (Å²) >= 11 is 0. The molecule has 4 heteroatoms. The number of carbonyl (C=O) groups is 1. The fourth-order valence-electron chi connectivity index (χ4n) is 1.64. The van der Waals surface area contributed by atoms with Crippen LogP contribution in [0.2, 0.25) is 0 Å². The molecule has 1 amide bonds. The zero-order valence-electron chi connectivity index (χ0n) is 9.31. The molecular weight excluding hydrogens is 206 g/mol. The van der Waals surface area contributed by atoms with Crippen molar-refractivity contribution in [2.24, 2.45) is 5.73 Å². The molecule has 4 nitrogen and oxygen atoms in total. The van der Waals surface area contributed by atoms with Gasteiger partial charge in [0.25, 0.3) is 0 Å². The van der Waals surface area contributed by atoms with Crippen molar-refractivity contribution in [3.63, 3.8) is 0 Å². The van der Waals surface area contributed by atoms with Gasteiger partial charge in [0.15, 0.2) is 11.5 Å². The Hall–Kier alpha value is -1.71. The van der Waals surface area contributed by atoms with Crippen LogP contribution in [0.5, 0.6) is 11.5 Å². The molecule has 0 heterocycles. The Morgan fingerprint density at radius 1 is 1.38 bits per heavy atom. The van der Waals surface area contributed by atoms with E-state index in [9.17, 15) is 15.0 Å². The summed E-state index contributed by atoms with van der Waals surface area (Å²) in [6, 6.07) is 4.37. The maximum absolute atomic E-state index is 11.3. The second-order valence-electron chi connectivity index (χ2n) is 3.85. The molecule has 0 saturated heterocycles. The molecule has 0 unspecified atom stereocenters. The molecule has 0 aliphatic carbocycles. The van der Waals surface area contributed by atoms with Crippen molar-refractivity contribution in [2.75, 3.05) is 0 Å². The second kappa shape index (κ2) is 5.39. The molecule has 0 fully saturated rings. The van der Waals surface area contributed by atoms with E-state index < -0.39 is 11.8 Å². The number of hydrogen-bond acceptors (Lipinski definition) is 3. The van der Waals surface area contributed by atoms with Gasteiger partial charge in [-0.3, -0.25) is 4.79 Å². The highest BCUT2D eigenvalue weighted by Gasteiger charge is 2.18. The number of unbranched alkanes of at least 4 members (excludes halogenated alkanes) is 1. The van der Waals surface area contributed by atoms with Crippen LogP contribution in [0.15, 0.2) is 18.2 Å². The Labute approximate surface area is 94.7 Å². The number of aromatic hydroxyl groups is 2. The molecule has 4 N–H and O–H groups in total. The lowest BCUT2D eigenvalue weighted by atomic mass is 9.93. The van der Waals surface area contributed by atoms with Crippen LogP contribution in [0.4, 0.5) is 0 Å². The van der Waals surface area contributed by atoms with Gasteiger partial charge >= 0.3 is 0 Å². The van der Waals surface area contributed by atoms with E-state index in [0.717, 1.165) is 12.8 Å². The third kappa shape index (κ3) is 2.89. The Balaban J connectivity index is 2.92. The summed E-state index contributed by atoms with van der Waals surface area (Å²) in [5.41, 5.74) is 5.96. The number of amides is 1. The maximum atomic E-state index is 11.3. The molecular formula is C12H17NO3. The van der Waals surface area contributed by atoms with Gasteiger partial charge in [0.1, 0.15) is 0 Å². The summed E-state index contributed by atoms with van der Waals surface area (Å²) in [4.78, 5) is 11.3. The van der Waals surface area contributed by atoms with Crippen molar-refractivity contribution in [1.29, 1.82) is 0 Å². The molecule has 1 rings (SSSR count). The van der Waals surface area contributed by atoms with Crippen LogP contribution in [-0.2, 0) is 4.79 Å². The van der Waals surface area contributed by atoms with Crippen LogP contribution >= 0.6 is 0 Å². The van der Waals surface area contributed by atoms with Gasteiger partial charge < -0.3 is 15.9 Å². The molecule has 16 heavy (non-hydrogen) atoms. The number of primary amides is 1. The first-order valence-electron chi connectivity index (χ1n) is 5.37. The lowest BCUT2D eigenvalue weighted by molar-refractivity contribution is -0.119. The van der Waals surface area contributed by atoms with Crippen LogP contribution in [0.25, 0.3) is 0 Å². The van der Waals surface area contributed by atoms with Gasteiger partial charge in [-0.25, -0.2) is 0 Å². The fourth-order valence-corrected chi connectivity index (χ4v) is 1.64. The summed E-state index contributed by atoms with van der Waals surface area (Å²) in [6.07, 6.45) is 2.54. The van der Waals surface area contributed by atoms with E-state index in [0.29, 0.717) is 12.0 Å². The van der Waals surface area contributed by atoms with Crippen LogP contribution < -0.4 is 5.73 Å². The van der Waals surface area contributed by atoms with Gasteiger partial charge in [0, 0.05) is 0 Å². The zero-order valence-corrected chi connectivity index (χ0v) is 9.31. The minimum Gasteiger partial charge on any atom is -0.504 e. The number of hydrogen-bond donors (Lipinski definition) is 3. The minimum atomic E-state index is -0.404. The van der Waals surface area contributed by atoms with Crippen molar-refractivity contribution >= 4 is 5.91 Å². The molecule has 0 spiro atoms. The first-order chi connectivity index (χ1) is 7.56. The number of carbonyl (C=O) groups excluding carboxylic acids is 1. The number of rotatable bonds is 5. The molecule has 0 aromatic heterocycles. The summed E-state index contributed by atoms with van der Waals surface area (Å²) in [5.74, 6) is -1.22. The summed E-state index contributed by atoms with van der Waals surface area (Å²) in [7, 11) is 0. The normalized spacial score (nSPS) is 12.3. The predicted molar refractivity (Wildman–Crippen MR) is 61.2 cm³/mol. The quantitative estimate of drug-likeness (QED) is 0.666. The SMILES string of the molecule is CCCC[C@@H](C(N)=O)c1ccc(O)c(O)c1. The average molecular weight is 223 g/mol. The molecule has 0 aliphatic heterocycles. The Morgan fingerprint density at radius 2 is 2.06 bits per heavy atom. The molecule has 1 aromatic carbocycles. The van der Waals surface area contributed by atoms with Crippen LogP contribution in [-0.4, -0.2) is 16.1 Å². The molecule has 88 valence electrons. The van der Waals surface area contributed by atoms with E-state index in [-0.39, 0.29) is 11.5 Å². The lowest BCUT2D eigenvalue weighted by Gasteiger charge is -2.13. The van der Waals surface area contributed by atoms with Gasteiger partial charge in [0.2, 0.25) is 5.91 Å². The van der Waals surface area contributed by atoms with Crippen LogP contribution in [0, 0.1) is 0 Å². The van der Waals surface area contributed by atoms with E-state index >= 15 is 0 Å². The fraction of sp³-hybridized carbons (Fsp3) is 0.417. The van der Waals surface area contributed by atoms with Gasteiger partial charge in [-0.05, 0) is 24.1 Å². The van der Waals surface area contributed by atoms with Crippen LogP contribution in [0.3, 0.4) is 0 Å². The number of phenols is 2. The molecule has 0 radical (unpaired) electrons. The van der Waals surface area contributed by atoms with Crippen LogP contribution in [0.1, 0.15) is 37.7 Å². The van der Waals surface area contributed by atoms with E-state index in [1.54, 1.807) is 6.07 Å². The number of benzene rings is 1. The minimum absolute atomic E-state index is 0.192. The van der Waals surface area contributed by atoms with E-state index in [2.05, 4.69) is 0 Å².